The fraction of sp³-hybridized carbons (Fsp3) is 0.526. The molecule has 1 aromatic carbocycles. The predicted molar refractivity (Wildman–Crippen MR) is 94.6 cm³/mol. The molecule has 1 aliphatic heterocycles. The Morgan fingerprint density at radius 2 is 1.84 bits per heavy atom. The van der Waals surface area contributed by atoms with Gasteiger partial charge in [-0.15, -0.1) is 0 Å². The molecular weight excluding hydrogens is 318 g/mol. The largest absolute Gasteiger partial charge is 0.325 e. The van der Waals surface area contributed by atoms with E-state index in [1.807, 2.05) is 25.1 Å². The first kappa shape index (κ1) is 17.6. The van der Waals surface area contributed by atoms with Crippen molar-refractivity contribution in [3.05, 3.63) is 29.8 Å². The zero-order valence-corrected chi connectivity index (χ0v) is 14.6. The molecule has 0 radical (unpaired) electrons. The van der Waals surface area contributed by atoms with Crippen LogP contribution in [0.1, 0.15) is 38.2 Å². The van der Waals surface area contributed by atoms with Crippen molar-refractivity contribution in [2.75, 3.05) is 18.4 Å². The molecule has 2 N–H and O–H groups in total. The molecule has 6 heteroatoms. The second-order valence-electron chi connectivity index (χ2n) is 6.79. The number of anilines is 1. The topological polar surface area (TPSA) is 78.5 Å². The average Bonchev–Trinajstić information content (AvgIpc) is 2.85. The molecule has 2 unspecified atom stereocenters. The van der Waals surface area contributed by atoms with Crippen molar-refractivity contribution in [3.63, 3.8) is 0 Å². The summed E-state index contributed by atoms with van der Waals surface area (Å²) in [6, 6.07) is 7.56. The third-order valence-electron chi connectivity index (χ3n) is 5.02. The minimum Gasteiger partial charge on any atom is -0.325 e. The first-order valence-corrected chi connectivity index (χ1v) is 9.05. The molecule has 2 aliphatic rings. The fourth-order valence-corrected chi connectivity index (χ4v) is 3.76. The van der Waals surface area contributed by atoms with E-state index >= 15 is 0 Å². The number of amides is 3. The lowest BCUT2D eigenvalue weighted by Gasteiger charge is -2.19. The Hall–Kier alpha value is -2.21. The number of benzene rings is 1. The minimum atomic E-state index is -0.332. The van der Waals surface area contributed by atoms with E-state index in [-0.39, 0.29) is 36.1 Å². The second-order valence-corrected chi connectivity index (χ2v) is 6.79. The number of carbonyl (C=O) groups is 3. The SMILES string of the molecule is CCNCc1cccc(NC(=O)CN2C(=O)C3CCCCC3C2=O)c1. The number of fused-ring (bicyclic) bond motifs is 1. The van der Waals surface area contributed by atoms with Crippen LogP contribution in [0.25, 0.3) is 0 Å². The number of hydrogen-bond acceptors (Lipinski definition) is 4. The number of likely N-dealkylation sites (tertiary alicyclic amines) is 1. The zero-order valence-electron chi connectivity index (χ0n) is 14.6. The van der Waals surface area contributed by atoms with E-state index in [4.69, 9.17) is 0 Å². The van der Waals surface area contributed by atoms with Crippen molar-refractivity contribution in [3.8, 4) is 0 Å². The van der Waals surface area contributed by atoms with Crippen LogP contribution < -0.4 is 10.6 Å². The van der Waals surface area contributed by atoms with E-state index in [1.165, 1.54) is 0 Å². The van der Waals surface area contributed by atoms with Crippen LogP contribution in [0.3, 0.4) is 0 Å². The number of imide groups is 1. The zero-order chi connectivity index (χ0) is 17.8. The third-order valence-corrected chi connectivity index (χ3v) is 5.02. The number of rotatable bonds is 6. The normalized spacial score (nSPS) is 22.8. The highest BCUT2D eigenvalue weighted by Gasteiger charge is 2.48. The van der Waals surface area contributed by atoms with Crippen LogP contribution >= 0.6 is 0 Å². The van der Waals surface area contributed by atoms with E-state index in [2.05, 4.69) is 10.6 Å². The van der Waals surface area contributed by atoms with E-state index in [1.54, 1.807) is 6.07 Å². The quantitative estimate of drug-likeness (QED) is 0.774. The van der Waals surface area contributed by atoms with Gasteiger partial charge in [0.25, 0.3) is 0 Å². The molecule has 6 nitrogen and oxygen atoms in total. The third kappa shape index (κ3) is 3.90. The maximum absolute atomic E-state index is 12.4. The monoisotopic (exact) mass is 343 g/mol. The van der Waals surface area contributed by atoms with E-state index in [9.17, 15) is 14.4 Å². The van der Waals surface area contributed by atoms with Crippen LogP contribution in [0.2, 0.25) is 0 Å². The summed E-state index contributed by atoms with van der Waals surface area (Å²) in [7, 11) is 0. The molecule has 25 heavy (non-hydrogen) atoms. The lowest BCUT2D eigenvalue weighted by atomic mass is 9.81. The Kier molecular flexibility index (Phi) is 5.48. The number of nitrogens with zero attached hydrogens (tertiary/aromatic N) is 1. The second kappa shape index (κ2) is 7.78. The van der Waals surface area contributed by atoms with Gasteiger partial charge in [0.2, 0.25) is 17.7 Å². The van der Waals surface area contributed by atoms with Gasteiger partial charge in [-0.25, -0.2) is 0 Å². The van der Waals surface area contributed by atoms with Gasteiger partial charge in [0, 0.05) is 12.2 Å². The first-order chi connectivity index (χ1) is 12.1. The van der Waals surface area contributed by atoms with Gasteiger partial charge >= 0.3 is 0 Å². The predicted octanol–water partition coefficient (Wildman–Crippen LogP) is 1.91. The van der Waals surface area contributed by atoms with Gasteiger partial charge in [-0.2, -0.15) is 0 Å². The van der Waals surface area contributed by atoms with Crippen LogP contribution in [-0.2, 0) is 20.9 Å². The highest BCUT2D eigenvalue weighted by atomic mass is 16.2. The van der Waals surface area contributed by atoms with Crippen LogP contribution in [0.15, 0.2) is 24.3 Å². The molecule has 1 aromatic rings. The molecule has 0 bridgehead atoms. The molecular formula is C19H25N3O3. The lowest BCUT2D eigenvalue weighted by Crippen LogP contribution is -2.38. The number of carbonyl (C=O) groups excluding carboxylic acids is 3. The Bertz CT molecular complexity index is 650. The molecule has 0 aromatic heterocycles. The van der Waals surface area contributed by atoms with Crippen LogP contribution in [0, 0.1) is 11.8 Å². The summed E-state index contributed by atoms with van der Waals surface area (Å²) in [5, 5.41) is 6.03. The molecule has 1 saturated heterocycles. The molecule has 2 atom stereocenters. The number of nitrogens with one attached hydrogen (secondary N) is 2. The van der Waals surface area contributed by atoms with Gasteiger partial charge in [-0.3, -0.25) is 19.3 Å². The molecule has 134 valence electrons. The Labute approximate surface area is 148 Å². The van der Waals surface area contributed by atoms with Gasteiger partial charge in [0.05, 0.1) is 11.8 Å². The van der Waals surface area contributed by atoms with Crippen molar-refractivity contribution >= 4 is 23.4 Å². The Morgan fingerprint density at radius 3 is 2.48 bits per heavy atom. The highest BCUT2D eigenvalue weighted by molar-refractivity contribution is 6.08. The summed E-state index contributed by atoms with van der Waals surface area (Å²) in [6.45, 7) is 3.44. The van der Waals surface area contributed by atoms with E-state index < -0.39 is 0 Å². The highest BCUT2D eigenvalue weighted by Crippen LogP contribution is 2.37. The van der Waals surface area contributed by atoms with Crippen molar-refractivity contribution in [2.24, 2.45) is 11.8 Å². The first-order valence-electron chi connectivity index (χ1n) is 9.05. The fourth-order valence-electron chi connectivity index (χ4n) is 3.76. The van der Waals surface area contributed by atoms with Crippen LogP contribution in [0.4, 0.5) is 5.69 Å². The van der Waals surface area contributed by atoms with Crippen molar-refractivity contribution in [1.82, 2.24) is 10.2 Å². The maximum atomic E-state index is 12.4. The van der Waals surface area contributed by atoms with E-state index in [0.29, 0.717) is 5.69 Å². The average molecular weight is 343 g/mol. The Balaban J connectivity index is 1.61. The minimum absolute atomic E-state index is 0.175. The van der Waals surface area contributed by atoms with Crippen molar-refractivity contribution < 1.29 is 14.4 Å². The van der Waals surface area contributed by atoms with Crippen LogP contribution in [-0.4, -0.2) is 35.7 Å². The maximum Gasteiger partial charge on any atom is 0.244 e. The van der Waals surface area contributed by atoms with E-state index in [0.717, 1.165) is 49.2 Å². The van der Waals surface area contributed by atoms with Crippen molar-refractivity contribution in [1.29, 1.82) is 0 Å². The number of hydrogen-bond donors (Lipinski definition) is 2. The van der Waals surface area contributed by atoms with Crippen molar-refractivity contribution in [2.45, 2.75) is 39.2 Å². The molecule has 3 rings (SSSR count). The Morgan fingerprint density at radius 1 is 1.16 bits per heavy atom. The summed E-state index contributed by atoms with van der Waals surface area (Å²) in [5.41, 5.74) is 1.75. The summed E-state index contributed by atoms with van der Waals surface area (Å²) < 4.78 is 0. The summed E-state index contributed by atoms with van der Waals surface area (Å²) >= 11 is 0. The van der Waals surface area contributed by atoms with Gasteiger partial charge in [0.1, 0.15) is 6.54 Å². The molecule has 1 aliphatic carbocycles. The lowest BCUT2D eigenvalue weighted by molar-refractivity contribution is -0.142. The smallest absolute Gasteiger partial charge is 0.244 e. The van der Waals surface area contributed by atoms with Gasteiger partial charge in [0.15, 0.2) is 0 Å². The molecule has 1 heterocycles. The molecule has 2 fully saturated rings. The standard InChI is InChI=1S/C19H25N3O3/c1-2-20-11-13-6-5-7-14(10-13)21-17(23)12-22-18(24)15-8-3-4-9-16(15)19(22)25/h5-7,10,15-16,20H,2-4,8-9,11-12H2,1H3,(H,21,23). The van der Waals surface area contributed by atoms with Gasteiger partial charge < -0.3 is 10.6 Å². The summed E-state index contributed by atoms with van der Waals surface area (Å²) in [4.78, 5) is 38.3. The molecule has 0 spiro atoms. The molecule has 1 saturated carbocycles. The summed E-state index contributed by atoms with van der Waals surface area (Å²) in [5.74, 6) is -1.10. The van der Waals surface area contributed by atoms with Gasteiger partial charge in [-0.05, 0) is 37.1 Å². The van der Waals surface area contributed by atoms with Gasteiger partial charge in [-0.1, -0.05) is 31.9 Å². The summed E-state index contributed by atoms with van der Waals surface area (Å²) in [6.07, 6.45) is 3.50. The molecule has 3 amide bonds. The van der Waals surface area contributed by atoms with Crippen LogP contribution in [0.5, 0.6) is 0 Å².